The van der Waals surface area contributed by atoms with Crippen LogP contribution < -0.4 is 5.32 Å². The number of aromatic carboxylic acids is 1. The van der Waals surface area contributed by atoms with Crippen LogP contribution in [0.25, 0.3) is 0 Å². The van der Waals surface area contributed by atoms with Gasteiger partial charge in [-0.15, -0.1) is 11.3 Å². The highest BCUT2D eigenvalue weighted by Gasteiger charge is 2.07. The average Bonchev–Trinajstić information content (AvgIpc) is 2.60. The first kappa shape index (κ1) is 12.1. The largest absolute Gasteiger partial charge is 0.476 e. The van der Waals surface area contributed by atoms with Crippen molar-refractivity contribution in [1.82, 2.24) is 4.98 Å². The van der Waals surface area contributed by atoms with Crippen LogP contribution in [0.2, 0.25) is 0 Å². The maximum absolute atomic E-state index is 10.7. The number of carboxylic acids is 1. The summed E-state index contributed by atoms with van der Waals surface area (Å²) >= 11 is 1.26. The van der Waals surface area contributed by atoms with E-state index in [0.29, 0.717) is 17.4 Å². The van der Waals surface area contributed by atoms with E-state index in [-0.39, 0.29) is 5.69 Å². The van der Waals surface area contributed by atoms with E-state index in [4.69, 9.17) is 5.11 Å². The Labute approximate surface area is 94.0 Å². The SMILES string of the molecule is CS(=O)CCCNc1nc(C(=O)O)cs1. The van der Waals surface area contributed by atoms with Crippen LogP contribution in [-0.4, -0.2) is 38.8 Å². The molecule has 5 nitrogen and oxygen atoms in total. The van der Waals surface area contributed by atoms with Crippen LogP contribution in [0.5, 0.6) is 0 Å². The van der Waals surface area contributed by atoms with Gasteiger partial charge in [0.25, 0.3) is 0 Å². The molecule has 0 saturated heterocycles. The van der Waals surface area contributed by atoms with Crippen molar-refractivity contribution in [3.05, 3.63) is 11.1 Å². The van der Waals surface area contributed by atoms with Crippen molar-refractivity contribution in [2.45, 2.75) is 6.42 Å². The summed E-state index contributed by atoms with van der Waals surface area (Å²) in [4.78, 5) is 14.4. The Balaban J connectivity index is 2.31. The van der Waals surface area contributed by atoms with E-state index in [2.05, 4.69) is 10.3 Å². The van der Waals surface area contributed by atoms with Gasteiger partial charge in [-0.3, -0.25) is 4.21 Å². The van der Waals surface area contributed by atoms with E-state index < -0.39 is 16.8 Å². The Bertz CT molecular complexity index is 365. The number of hydrogen-bond donors (Lipinski definition) is 2. The second-order valence-electron chi connectivity index (χ2n) is 2.90. The number of nitrogens with one attached hydrogen (secondary N) is 1. The smallest absolute Gasteiger partial charge is 0.355 e. The van der Waals surface area contributed by atoms with Gasteiger partial charge in [-0.05, 0) is 6.42 Å². The van der Waals surface area contributed by atoms with Gasteiger partial charge in [-0.2, -0.15) is 0 Å². The molecule has 1 aromatic heterocycles. The summed E-state index contributed by atoms with van der Waals surface area (Å²) in [5.41, 5.74) is 0.0570. The van der Waals surface area contributed by atoms with Gasteiger partial charge in [-0.1, -0.05) is 0 Å². The van der Waals surface area contributed by atoms with Crippen LogP contribution in [0, 0.1) is 0 Å². The summed E-state index contributed by atoms with van der Waals surface area (Å²) in [5.74, 6) is -0.376. The predicted octanol–water partition coefficient (Wildman–Crippen LogP) is 1.02. The van der Waals surface area contributed by atoms with Crippen LogP contribution in [0.3, 0.4) is 0 Å². The molecule has 0 fully saturated rings. The van der Waals surface area contributed by atoms with Crippen LogP contribution >= 0.6 is 11.3 Å². The number of carbonyl (C=O) groups is 1. The molecule has 0 aliphatic carbocycles. The highest BCUT2D eigenvalue weighted by molar-refractivity contribution is 7.84. The van der Waals surface area contributed by atoms with Crippen molar-refractivity contribution in [1.29, 1.82) is 0 Å². The Hall–Kier alpha value is -0.950. The highest BCUT2D eigenvalue weighted by Crippen LogP contribution is 2.14. The molecule has 1 aromatic rings. The Morgan fingerprint density at radius 2 is 2.47 bits per heavy atom. The summed E-state index contributed by atoms with van der Waals surface area (Å²) in [5, 5.41) is 13.7. The molecule has 1 atom stereocenters. The maximum Gasteiger partial charge on any atom is 0.355 e. The van der Waals surface area contributed by atoms with Gasteiger partial charge in [-0.25, -0.2) is 9.78 Å². The van der Waals surface area contributed by atoms with E-state index >= 15 is 0 Å². The molecule has 7 heteroatoms. The molecule has 0 aromatic carbocycles. The monoisotopic (exact) mass is 248 g/mol. The van der Waals surface area contributed by atoms with Gasteiger partial charge in [0.05, 0.1) is 0 Å². The van der Waals surface area contributed by atoms with E-state index in [1.165, 1.54) is 16.7 Å². The van der Waals surface area contributed by atoms with E-state index in [0.717, 1.165) is 6.42 Å². The zero-order valence-electron chi connectivity index (χ0n) is 8.23. The molecule has 0 saturated carbocycles. The fourth-order valence-electron chi connectivity index (χ4n) is 0.924. The van der Waals surface area contributed by atoms with E-state index in [9.17, 15) is 9.00 Å². The van der Waals surface area contributed by atoms with Crippen LogP contribution in [0.1, 0.15) is 16.9 Å². The van der Waals surface area contributed by atoms with Crippen LogP contribution in [0.4, 0.5) is 5.13 Å². The molecule has 1 rings (SSSR count). The van der Waals surface area contributed by atoms with Gasteiger partial charge < -0.3 is 10.4 Å². The lowest BCUT2D eigenvalue weighted by Gasteiger charge is -2.00. The summed E-state index contributed by atoms with van der Waals surface area (Å²) < 4.78 is 10.7. The number of nitrogens with zero attached hydrogens (tertiary/aromatic N) is 1. The first-order chi connectivity index (χ1) is 7.09. The van der Waals surface area contributed by atoms with Gasteiger partial charge in [0.15, 0.2) is 10.8 Å². The summed E-state index contributed by atoms with van der Waals surface area (Å²) in [6.45, 7) is 0.659. The van der Waals surface area contributed by atoms with Crippen LogP contribution in [0.15, 0.2) is 5.38 Å². The quantitative estimate of drug-likeness (QED) is 0.735. The van der Waals surface area contributed by atoms with Gasteiger partial charge in [0.1, 0.15) is 0 Å². The van der Waals surface area contributed by atoms with E-state index in [1.807, 2.05) is 0 Å². The molecule has 0 spiro atoms. The number of carboxylic acid groups (broad SMARTS) is 1. The third-order valence-electron chi connectivity index (χ3n) is 1.61. The topological polar surface area (TPSA) is 79.3 Å². The van der Waals surface area contributed by atoms with E-state index in [1.54, 1.807) is 6.26 Å². The van der Waals surface area contributed by atoms with Crippen molar-refractivity contribution >= 4 is 33.2 Å². The van der Waals surface area contributed by atoms with Crippen molar-refractivity contribution in [2.24, 2.45) is 0 Å². The highest BCUT2D eigenvalue weighted by atomic mass is 32.2. The predicted molar refractivity (Wildman–Crippen MR) is 61.1 cm³/mol. The minimum atomic E-state index is -1.02. The van der Waals surface area contributed by atoms with Gasteiger partial charge in [0, 0.05) is 34.7 Å². The average molecular weight is 248 g/mol. The number of hydrogen-bond acceptors (Lipinski definition) is 5. The zero-order chi connectivity index (χ0) is 11.3. The third kappa shape index (κ3) is 4.39. The lowest BCUT2D eigenvalue weighted by molar-refractivity contribution is 0.0691. The molecular formula is C8H12N2O3S2. The molecule has 0 aliphatic heterocycles. The number of thiazole rings is 1. The summed E-state index contributed by atoms with van der Waals surface area (Å²) in [6, 6.07) is 0. The number of anilines is 1. The lowest BCUT2D eigenvalue weighted by atomic mass is 10.5. The summed E-state index contributed by atoms with van der Waals surface area (Å²) in [6.07, 6.45) is 2.44. The second kappa shape index (κ2) is 5.82. The molecular weight excluding hydrogens is 236 g/mol. The van der Waals surface area contributed by atoms with Crippen molar-refractivity contribution in [3.63, 3.8) is 0 Å². The second-order valence-corrected chi connectivity index (χ2v) is 5.31. The molecule has 0 amide bonds. The first-order valence-electron chi connectivity index (χ1n) is 4.32. The Morgan fingerprint density at radius 3 is 3.00 bits per heavy atom. The lowest BCUT2D eigenvalue weighted by Crippen LogP contribution is -2.06. The number of rotatable bonds is 6. The van der Waals surface area contributed by atoms with Crippen LogP contribution in [-0.2, 0) is 10.8 Å². The zero-order valence-corrected chi connectivity index (χ0v) is 9.86. The van der Waals surface area contributed by atoms with Crippen molar-refractivity contribution in [3.8, 4) is 0 Å². The molecule has 84 valence electrons. The first-order valence-corrected chi connectivity index (χ1v) is 6.93. The molecule has 1 heterocycles. The molecule has 0 bridgehead atoms. The fraction of sp³-hybridized carbons (Fsp3) is 0.500. The minimum Gasteiger partial charge on any atom is -0.476 e. The minimum absolute atomic E-state index is 0.0570. The number of aromatic nitrogens is 1. The molecule has 0 aliphatic rings. The third-order valence-corrected chi connectivity index (χ3v) is 3.27. The van der Waals surface area contributed by atoms with Crippen molar-refractivity contribution < 1.29 is 14.1 Å². The Morgan fingerprint density at radius 1 is 1.73 bits per heavy atom. The molecule has 15 heavy (non-hydrogen) atoms. The molecule has 0 radical (unpaired) electrons. The van der Waals surface area contributed by atoms with Gasteiger partial charge in [0.2, 0.25) is 0 Å². The normalized spacial score (nSPS) is 12.3. The Kier molecular flexibility index (Phi) is 4.70. The summed E-state index contributed by atoms with van der Waals surface area (Å²) in [7, 11) is -0.777. The van der Waals surface area contributed by atoms with Crippen molar-refractivity contribution in [2.75, 3.05) is 23.9 Å². The molecule has 2 N–H and O–H groups in total. The molecule has 1 unspecified atom stereocenters. The van der Waals surface area contributed by atoms with Gasteiger partial charge >= 0.3 is 5.97 Å². The fourth-order valence-corrected chi connectivity index (χ4v) is 2.19. The standard InChI is InChI=1S/C8H12N2O3S2/c1-15(13)4-2-3-9-8-10-6(5-14-8)7(11)12/h5H,2-4H2,1H3,(H,9,10)(H,11,12). The maximum atomic E-state index is 10.7.